The normalized spacial score (nSPS) is 16.2. The van der Waals surface area contributed by atoms with E-state index in [4.69, 9.17) is 9.88 Å². The predicted octanol–water partition coefficient (Wildman–Crippen LogP) is 1.81. The Kier molecular flexibility index (Phi) is 4.24. The van der Waals surface area contributed by atoms with Gasteiger partial charge in [0.1, 0.15) is 10.6 Å². The molecule has 0 bridgehead atoms. The highest BCUT2D eigenvalue weighted by Gasteiger charge is 2.22. The Balaban J connectivity index is 2.24. The second-order valence-corrected chi connectivity index (χ2v) is 6.42. The number of nitrogens with zero attached hydrogens (tertiary/aromatic N) is 1. The summed E-state index contributed by atoms with van der Waals surface area (Å²) in [5.74, 6) is 0.475. The van der Waals surface area contributed by atoms with E-state index in [1.165, 1.54) is 12.1 Å². The average Bonchev–Trinajstić information content (AvgIpc) is 2.88. The summed E-state index contributed by atoms with van der Waals surface area (Å²) in [6.07, 6.45) is 4.40. The number of nitrogens with two attached hydrogens (primary N) is 1. The first-order valence-electron chi connectivity index (χ1n) is 6.32. The summed E-state index contributed by atoms with van der Waals surface area (Å²) in [6, 6.07) is 3.42. The first kappa shape index (κ1) is 14.7. The minimum Gasteiger partial charge on any atom is -0.492 e. The maximum atomic E-state index is 11.5. The first-order valence-corrected chi connectivity index (χ1v) is 7.86. The van der Waals surface area contributed by atoms with Crippen molar-refractivity contribution < 1.29 is 18.1 Å². The van der Waals surface area contributed by atoms with Crippen molar-refractivity contribution in [3.05, 3.63) is 28.3 Å². The van der Waals surface area contributed by atoms with Crippen molar-refractivity contribution in [1.29, 1.82) is 0 Å². The molecule has 2 N–H and O–H groups in total. The fourth-order valence-corrected chi connectivity index (χ4v) is 3.03. The van der Waals surface area contributed by atoms with Gasteiger partial charge in [0.05, 0.1) is 11.5 Å². The van der Waals surface area contributed by atoms with Gasteiger partial charge in [0.25, 0.3) is 5.69 Å². The van der Waals surface area contributed by atoms with Gasteiger partial charge in [-0.1, -0.05) is 12.8 Å². The van der Waals surface area contributed by atoms with Gasteiger partial charge in [-0.2, -0.15) is 0 Å². The number of ether oxygens (including phenoxy) is 1. The highest BCUT2D eigenvalue weighted by molar-refractivity contribution is 7.89. The van der Waals surface area contributed by atoms with Crippen LogP contribution in [0.5, 0.6) is 5.75 Å². The molecule has 0 heterocycles. The summed E-state index contributed by atoms with van der Waals surface area (Å²) >= 11 is 0. The Morgan fingerprint density at radius 1 is 1.35 bits per heavy atom. The number of nitro groups is 1. The van der Waals surface area contributed by atoms with E-state index >= 15 is 0 Å². The Labute approximate surface area is 116 Å². The molecular weight excluding hydrogens is 284 g/mol. The Morgan fingerprint density at radius 2 is 2.00 bits per heavy atom. The molecule has 8 heteroatoms. The number of hydrogen-bond donors (Lipinski definition) is 1. The maximum Gasteiger partial charge on any atom is 0.271 e. The first-order chi connectivity index (χ1) is 9.38. The summed E-state index contributed by atoms with van der Waals surface area (Å²) in [7, 11) is -4.06. The highest BCUT2D eigenvalue weighted by Crippen LogP contribution is 2.30. The summed E-state index contributed by atoms with van der Waals surface area (Å²) in [5, 5.41) is 15.8. The smallest absolute Gasteiger partial charge is 0.271 e. The average molecular weight is 300 g/mol. The van der Waals surface area contributed by atoms with Crippen LogP contribution in [0.25, 0.3) is 0 Å². The van der Waals surface area contributed by atoms with Gasteiger partial charge in [-0.05, 0) is 24.8 Å². The minimum atomic E-state index is -4.06. The zero-order chi connectivity index (χ0) is 14.8. The number of benzene rings is 1. The maximum absolute atomic E-state index is 11.5. The lowest BCUT2D eigenvalue weighted by molar-refractivity contribution is -0.385. The third-order valence-electron chi connectivity index (χ3n) is 3.39. The summed E-state index contributed by atoms with van der Waals surface area (Å²) in [5.41, 5.74) is -0.331. The SMILES string of the molecule is NS(=O)(=O)c1cc([N+](=O)[O-])ccc1OCC1CCCC1. The molecule has 110 valence electrons. The Morgan fingerprint density at radius 3 is 2.55 bits per heavy atom. The van der Waals surface area contributed by atoms with Crippen LogP contribution in [0.1, 0.15) is 25.7 Å². The van der Waals surface area contributed by atoms with E-state index in [0.717, 1.165) is 31.7 Å². The van der Waals surface area contributed by atoms with Gasteiger partial charge in [0, 0.05) is 12.1 Å². The van der Waals surface area contributed by atoms with Crippen LogP contribution in [0.2, 0.25) is 0 Å². The van der Waals surface area contributed by atoms with Crippen LogP contribution < -0.4 is 9.88 Å². The molecule has 0 unspecified atom stereocenters. The minimum absolute atomic E-state index is 0.0741. The van der Waals surface area contributed by atoms with Crippen LogP contribution in [0.15, 0.2) is 23.1 Å². The van der Waals surface area contributed by atoms with Crippen molar-refractivity contribution in [3.8, 4) is 5.75 Å². The highest BCUT2D eigenvalue weighted by atomic mass is 32.2. The summed E-state index contributed by atoms with van der Waals surface area (Å²) < 4.78 is 28.5. The molecule has 1 aliphatic carbocycles. The van der Waals surface area contributed by atoms with E-state index in [1.54, 1.807) is 0 Å². The fraction of sp³-hybridized carbons (Fsp3) is 0.500. The Hall–Kier alpha value is -1.67. The van der Waals surface area contributed by atoms with Crippen LogP contribution in [0, 0.1) is 16.0 Å². The van der Waals surface area contributed by atoms with Crippen LogP contribution in [-0.4, -0.2) is 19.9 Å². The molecule has 1 aromatic carbocycles. The van der Waals surface area contributed by atoms with Gasteiger partial charge < -0.3 is 4.74 Å². The van der Waals surface area contributed by atoms with Gasteiger partial charge in [-0.3, -0.25) is 10.1 Å². The zero-order valence-electron chi connectivity index (χ0n) is 10.8. The number of hydrogen-bond acceptors (Lipinski definition) is 5. The molecule has 0 spiro atoms. The van der Waals surface area contributed by atoms with E-state index in [2.05, 4.69) is 0 Å². The molecule has 7 nitrogen and oxygen atoms in total. The molecule has 20 heavy (non-hydrogen) atoms. The summed E-state index contributed by atoms with van der Waals surface area (Å²) in [6.45, 7) is 0.403. The molecule has 0 aromatic heterocycles. The van der Waals surface area contributed by atoms with E-state index in [-0.39, 0.29) is 16.3 Å². The van der Waals surface area contributed by atoms with E-state index in [9.17, 15) is 18.5 Å². The van der Waals surface area contributed by atoms with Crippen molar-refractivity contribution in [3.63, 3.8) is 0 Å². The molecule has 0 atom stereocenters. The van der Waals surface area contributed by atoms with Crippen LogP contribution in [0.3, 0.4) is 0 Å². The standard InChI is InChI=1S/C12H16N2O5S/c13-20(17,18)12-7-10(14(15)16)5-6-11(12)19-8-9-3-1-2-4-9/h5-7,9H,1-4,8H2,(H2,13,17,18). The third-order valence-corrected chi connectivity index (χ3v) is 4.33. The molecule has 1 fully saturated rings. The van der Waals surface area contributed by atoms with Crippen molar-refractivity contribution >= 4 is 15.7 Å². The van der Waals surface area contributed by atoms with Gasteiger partial charge in [-0.25, -0.2) is 13.6 Å². The largest absolute Gasteiger partial charge is 0.492 e. The molecule has 0 saturated heterocycles. The molecule has 1 aromatic rings. The van der Waals surface area contributed by atoms with Gasteiger partial charge in [-0.15, -0.1) is 0 Å². The van der Waals surface area contributed by atoms with E-state index in [0.29, 0.717) is 12.5 Å². The molecule has 0 aliphatic heterocycles. The van der Waals surface area contributed by atoms with Crippen LogP contribution in [0.4, 0.5) is 5.69 Å². The van der Waals surface area contributed by atoms with E-state index in [1.807, 2.05) is 0 Å². The van der Waals surface area contributed by atoms with Crippen LogP contribution >= 0.6 is 0 Å². The van der Waals surface area contributed by atoms with Crippen molar-refractivity contribution in [2.24, 2.45) is 11.1 Å². The number of non-ortho nitro benzene ring substituents is 1. The molecule has 1 aliphatic rings. The monoisotopic (exact) mass is 300 g/mol. The van der Waals surface area contributed by atoms with Crippen molar-refractivity contribution in [1.82, 2.24) is 0 Å². The lowest BCUT2D eigenvalue weighted by atomic mass is 10.1. The van der Waals surface area contributed by atoms with E-state index < -0.39 is 14.9 Å². The number of primary sulfonamides is 1. The van der Waals surface area contributed by atoms with Crippen molar-refractivity contribution in [2.75, 3.05) is 6.61 Å². The lowest BCUT2D eigenvalue weighted by Gasteiger charge is -2.13. The zero-order valence-corrected chi connectivity index (χ0v) is 11.6. The van der Waals surface area contributed by atoms with Crippen LogP contribution in [-0.2, 0) is 10.0 Å². The predicted molar refractivity (Wildman–Crippen MR) is 71.9 cm³/mol. The topological polar surface area (TPSA) is 113 Å². The fourth-order valence-electron chi connectivity index (χ4n) is 2.34. The third kappa shape index (κ3) is 3.45. The quantitative estimate of drug-likeness (QED) is 0.658. The Bertz CT molecular complexity index is 608. The van der Waals surface area contributed by atoms with Gasteiger partial charge >= 0.3 is 0 Å². The van der Waals surface area contributed by atoms with Gasteiger partial charge in [0.2, 0.25) is 10.0 Å². The molecular formula is C12H16N2O5S. The molecule has 0 radical (unpaired) electrons. The molecule has 2 rings (SSSR count). The molecule has 0 amide bonds. The lowest BCUT2D eigenvalue weighted by Crippen LogP contribution is -2.16. The van der Waals surface area contributed by atoms with Crippen molar-refractivity contribution in [2.45, 2.75) is 30.6 Å². The number of rotatable bonds is 5. The second kappa shape index (κ2) is 5.76. The molecule has 1 saturated carbocycles. The second-order valence-electron chi connectivity index (χ2n) is 4.89. The number of nitro benzene ring substituents is 1. The summed E-state index contributed by atoms with van der Waals surface area (Å²) in [4.78, 5) is 9.67. The number of sulfonamides is 1. The van der Waals surface area contributed by atoms with Gasteiger partial charge in [0.15, 0.2) is 0 Å².